The third-order valence-electron chi connectivity index (χ3n) is 6.49. The molecule has 1 aliphatic rings. The van der Waals surface area contributed by atoms with E-state index < -0.39 is 16.1 Å². The number of ether oxygens (including phenoxy) is 1. The zero-order valence-corrected chi connectivity index (χ0v) is 24.9. The summed E-state index contributed by atoms with van der Waals surface area (Å²) >= 11 is 0. The average molecular weight is 601 g/mol. The SMILES string of the molecule is CC(C)(C)c1cc(NC(=O)Nc2ccc(NC(=O)c3ccc(OCCC4CCN(OS(C)(=O)=O)CC4)cn3)cc2)on1. The van der Waals surface area contributed by atoms with Gasteiger partial charge in [0.2, 0.25) is 5.88 Å². The molecule has 0 spiro atoms. The van der Waals surface area contributed by atoms with Gasteiger partial charge >= 0.3 is 6.03 Å². The second-order valence-corrected chi connectivity index (χ2v) is 12.7. The maximum Gasteiger partial charge on any atom is 0.326 e. The molecule has 13 nitrogen and oxygen atoms in total. The number of urea groups is 1. The number of carbonyl (C=O) groups is 2. The molecule has 0 atom stereocenters. The Labute approximate surface area is 245 Å². The van der Waals surface area contributed by atoms with E-state index in [2.05, 4.69) is 26.1 Å². The normalized spacial score (nSPS) is 14.8. The highest BCUT2D eigenvalue weighted by Gasteiger charge is 2.23. The first-order valence-electron chi connectivity index (χ1n) is 13.5. The van der Waals surface area contributed by atoms with E-state index >= 15 is 0 Å². The lowest BCUT2D eigenvalue weighted by atomic mass is 9.92. The van der Waals surface area contributed by atoms with Gasteiger partial charge in [0.25, 0.3) is 16.0 Å². The van der Waals surface area contributed by atoms with E-state index in [1.54, 1.807) is 42.5 Å². The first-order valence-corrected chi connectivity index (χ1v) is 15.4. The third kappa shape index (κ3) is 9.53. The van der Waals surface area contributed by atoms with Gasteiger partial charge in [0.05, 0.1) is 24.8 Å². The Morgan fingerprint density at radius 1 is 1.02 bits per heavy atom. The van der Waals surface area contributed by atoms with Gasteiger partial charge in [0.1, 0.15) is 11.4 Å². The van der Waals surface area contributed by atoms with Gasteiger partial charge < -0.3 is 19.9 Å². The molecule has 1 fully saturated rings. The minimum Gasteiger partial charge on any atom is -0.492 e. The highest BCUT2D eigenvalue weighted by atomic mass is 32.2. The molecule has 3 amide bonds. The summed E-state index contributed by atoms with van der Waals surface area (Å²) in [5, 5.41) is 13.5. The monoisotopic (exact) mass is 600 g/mol. The zero-order chi connectivity index (χ0) is 30.3. The molecule has 14 heteroatoms. The van der Waals surface area contributed by atoms with Gasteiger partial charge in [0.15, 0.2) is 0 Å². The van der Waals surface area contributed by atoms with Crippen molar-refractivity contribution < 1.29 is 31.6 Å². The Balaban J connectivity index is 1.18. The molecule has 1 saturated heterocycles. The lowest BCUT2D eigenvalue weighted by Crippen LogP contribution is -2.35. The Kier molecular flexibility index (Phi) is 9.81. The number of hydrogen-bond acceptors (Lipinski definition) is 10. The summed E-state index contributed by atoms with van der Waals surface area (Å²) in [7, 11) is -3.49. The Morgan fingerprint density at radius 3 is 2.26 bits per heavy atom. The number of hydroxylamine groups is 2. The highest BCUT2D eigenvalue weighted by Crippen LogP contribution is 2.24. The number of anilines is 3. The van der Waals surface area contributed by atoms with Gasteiger partial charge in [-0.1, -0.05) is 25.9 Å². The lowest BCUT2D eigenvalue weighted by molar-refractivity contribution is -0.0759. The van der Waals surface area contributed by atoms with E-state index in [9.17, 15) is 18.0 Å². The van der Waals surface area contributed by atoms with E-state index in [1.807, 2.05) is 20.8 Å². The van der Waals surface area contributed by atoms with Crippen molar-refractivity contribution in [2.45, 2.75) is 45.4 Å². The van der Waals surface area contributed by atoms with Crippen LogP contribution in [0.1, 0.15) is 56.2 Å². The molecule has 3 N–H and O–H groups in total. The topological polar surface area (TPSA) is 165 Å². The molecule has 3 aromatic rings. The molecule has 1 aromatic carbocycles. The van der Waals surface area contributed by atoms with Crippen LogP contribution in [0.3, 0.4) is 0 Å². The van der Waals surface area contributed by atoms with E-state index in [1.165, 1.54) is 11.3 Å². The average Bonchev–Trinajstić information content (AvgIpc) is 3.39. The number of carbonyl (C=O) groups excluding carboxylic acids is 2. The Bertz CT molecular complexity index is 1460. The van der Waals surface area contributed by atoms with Crippen molar-refractivity contribution in [2.24, 2.45) is 5.92 Å². The minimum atomic E-state index is -3.49. The summed E-state index contributed by atoms with van der Waals surface area (Å²) < 4.78 is 38.4. The fourth-order valence-electron chi connectivity index (χ4n) is 4.20. The van der Waals surface area contributed by atoms with Crippen molar-refractivity contribution in [3.05, 3.63) is 60.0 Å². The first kappa shape index (κ1) is 30.9. The molecule has 0 saturated carbocycles. The Hall–Kier alpha value is -4.01. The molecule has 4 rings (SSSR count). The van der Waals surface area contributed by atoms with Crippen LogP contribution in [0.4, 0.5) is 22.1 Å². The largest absolute Gasteiger partial charge is 0.492 e. The highest BCUT2D eigenvalue weighted by molar-refractivity contribution is 7.85. The Morgan fingerprint density at radius 2 is 1.69 bits per heavy atom. The summed E-state index contributed by atoms with van der Waals surface area (Å²) in [6.07, 6.45) is 5.00. The molecule has 0 aliphatic carbocycles. The zero-order valence-electron chi connectivity index (χ0n) is 24.0. The summed E-state index contributed by atoms with van der Waals surface area (Å²) in [6, 6.07) is 11.1. The van der Waals surface area contributed by atoms with Crippen molar-refractivity contribution in [2.75, 3.05) is 41.9 Å². The number of aromatic nitrogens is 2. The molecular weight excluding hydrogens is 564 g/mol. The fraction of sp³-hybridized carbons (Fsp3) is 0.429. The number of nitrogens with one attached hydrogen (secondary N) is 3. The van der Waals surface area contributed by atoms with Gasteiger partial charge in [0, 0.05) is 35.9 Å². The number of amides is 3. The minimum absolute atomic E-state index is 0.202. The van der Waals surface area contributed by atoms with Gasteiger partial charge in [-0.05, 0) is 61.6 Å². The smallest absolute Gasteiger partial charge is 0.326 e. The first-order chi connectivity index (χ1) is 19.8. The molecule has 1 aliphatic heterocycles. The van der Waals surface area contributed by atoms with Crippen molar-refractivity contribution >= 4 is 39.3 Å². The van der Waals surface area contributed by atoms with Gasteiger partial charge in [-0.3, -0.25) is 10.1 Å². The van der Waals surface area contributed by atoms with Crippen LogP contribution in [-0.2, 0) is 19.8 Å². The second kappa shape index (κ2) is 13.3. The third-order valence-corrected chi connectivity index (χ3v) is 6.98. The molecular formula is C28H36N6O7S. The summed E-state index contributed by atoms with van der Waals surface area (Å²) in [6.45, 7) is 7.58. The predicted octanol–water partition coefficient (Wildman–Crippen LogP) is 4.64. The van der Waals surface area contributed by atoms with Crippen LogP contribution >= 0.6 is 0 Å². The number of pyridine rings is 1. The van der Waals surface area contributed by atoms with Gasteiger partial charge in [-0.15, -0.1) is 0 Å². The summed E-state index contributed by atoms with van der Waals surface area (Å²) in [5.41, 5.74) is 1.80. The molecule has 0 radical (unpaired) electrons. The van der Waals surface area contributed by atoms with Crippen molar-refractivity contribution in [3.8, 4) is 5.75 Å². The van der Waals surface area contributed by atoms with Crippen molar-refractivity contribution in [3.63, 3.8) is 0 Å². The molecule has 2 aromatic heterocycles. The van der Waals surface area contributed by atoms with Crippen LogP contribution in [0.2, 0.25) is 0 Å². The number of benzene rings is 1. The molecule has 42 heavy (non-hydrogen) atoms. The van der Waals surface area contributed by atoms with Crippen molar-refractivity contribution in [1.29, 1.82) is 0 Å². The lowest BCUT2D eigenvalue weighted by Gasteiger charge is -2.29. The van der Waals surface area contributed by atoms with Crippen molar-refractivity contribution in [1.82, 2.24) is 15.2 Å². The van der Waals surface area contributed by atoms with Gasteiger partial charge in [-0.2, -0.15) is 17.8 Å². The molecule has 0 unspecified atom stereocenters. The van der Waals surface area contributed by atoms with E-state index in [4.69, 9.17) is 13.5 Å². The second-order valence-electron chi connectivity index (χ2n) is 11.1. The number of hydrogen-bond donors (Lipinski definition) is 3. The standard InChI is InChI=1S/C28H36N6O7S/c1-28(2,3)24-17-25(40-33-24)32-27(36)31-21-7-5-20(6-8-21)30-26(35)23-10-9-22(18-29-23)39-16-13-19-11-14-34(15-12-19)41-42(4,37)38/h5-10,17-19H,11-16H2,1-4H3,(H,30,35)(H2,31,32,36). The summed E-state index contributed by atoms with van der Waals surface area (Å²) in [5.74, 6) is 0.819. The van der Waals surface area contributed by atoms with Crippen LogP contribution in [0.5, 0.6) is 5.75 Å². The van der Waals surface area contributed by atoms with Crippen LogP contribution in [0.25, 0.3) is 0 Å². The predicted molar refractivity (Wildman–Crippen MR) is 157 cm³/mol. The number of piperidine rings is 1. The molecule has 226 valence electrons. The maximum atomic E-state index is 12.6. The van der Waals surface area contributed by atoms with Crippen LogP contribution in [0, 0.1) is 5.92 Å². The van der Waals surface area contributed by atoms with Gasteiger partial charge in [-0.25, -0.2) is 9.78 Å². The quantitative estimate of drug-likeness (QED) is 0.299. The van der Waals surface area contributed by atoms with Crippen LogP contribution in [0.15, 0.2) is 53.2 Å². The van der Waals surface area contributed by atoms with E-state index in [0.29, 0.717) is 42.7 Å². The van der Waals surface area contributed by atoms with E-state index in [-0.39, 0.29) is 22.9 Å². The van der Waals surface area contributed by atoms with E-state index in [0.717, 1.165) is 31.2 Å². The summed E-state index contributed by atoms with van der Waals surface area (Å²) in [4.78, 5) is 29.1. The number of nitrogens with zero attached hydrogens (tertiary/aromatic N) is 3. The number of rotatable bonds is 10. The molecule has 0 bridgehead atoms. The van der Waals surface area contributed by atoms with Crippen LogP contribution < -0.4 is 20.7 Å². The fourth-order valence-corrected chi connectivity index (χ4v) is 4.73. The molecule has 3 heterocycles. The maximum absolute atomic E-state index is 12.6. The van der Waals surface area contributed by atoms with Crippen LogP contribution in [-0.4, -0.2) is 61.5 Å².